The highest BCUT2D eigenvalue weighted by Crippen LogP contribution is 2.11. The molecule has 0 aliphatic carbocycles. The molecule has 16 heavy (non-hydrogen) atoms. The van der Waals surface area contributed by atoms with Crippen LogP contribution in [-0.2, 0) is 6.54 Å². The third-order valence-electron chi connectivity index (χ3n) is 2.44. The summed E-state index contributed by atoms with van der Waals surface area (Å²) in [6.07, 6.45) is 1.85. The molecule has 90 valence electrons. The third kappa shape index (κ3) is 4.06. The molecule has 0 bridgehead atoms. The summed E-state index contributed by atoms with van der Waals surface area (Å²) in [5.41, 5.74) is 0.359. The van der Waals surface area contributed by atoms with Crippen LogP contribution in [0.4, 0.5) is 8.78 Å². The fourth-order valence-corrected chi connectivity index (χ4v) is 1.61. The highest BCUT2D eigenvalue weighted by Gasteiger charge is 2.08. The molecule has 4 heteroatoms. The molecular weight excluding hydrogens is 232 g/mol. The number of alkyl halides is 1. The second-order valence-corrected chi connectivity index (χ2v) is 4.20. The van der Waals surface area contributed by atoms with Gasteiger partial charge < -0.3 is 5.32 Å². The van der Waals surface area contributed by atoms with Gasteiger partial charge in [0, 0.05) is 24.0 Å². The van der Waals surface area contributed by atoms with Crippen LogP contribution in [0.1, 0.15) is 25.3 Å². The monoisotopic (exact) mass is 247 g/mol. The van der Waals surface area contributed by atoms with Crippen LogP contribution in [0.25, 0.3) is 0 Å². The maximum absolute atomic E-state index is 13.3. The third-order valence-corrected chi connectivity index (χ3v) is 2.71. The summed E-state index contributed by atoms with van der Waals surface area (Å²) in [6.45, 7) is 2.34. The SMILES string of the molecule is CC(CCCCl)NCc1cccc(F)c1F. The molecule has 1 N–H and O–H groups in total. The molecule has 1 nitrogen and oxygen atoms in total. The Labute approximate surface area is 99.8 Å². The summed E-state index contributed by atoms with van der Waals surface area (Å²) >= 11 is 5.57. The van der Waals surface area contributed by atoms with Crippen LogP contribution in [-0.4, -0.2) is 11.9 Å². The van der Waals surface area contributed by atoms with Crippen LogP contribution in [0, 0.1) is 11.6 Å². The summed E-state index contributed by atoms with van der Waals surface area (Å²) < 4.78 is 26.2. The summed E-state index contributed by atoms with van der Waals surface area (Å²) in [6, 6.07) is 4.47. The van der Waals surface area contributed by atoms with Gasteiger partial charge in [-0.15, -0.1) is 11.6 Å². The molecule has 0 saturated carbocycles. The van der Waals surface area contributed by atoms with Crippen molar-refractivity contribution in [2.45, 2.75) is 32.4 Å². The number of hydrogen-bond donors (Lipinski definition) is 1. The van der Waals surface area contributed by atoms with Gasteiger partial charge in [0.2, 0.25) is 0 Å². The number of halogens is 3. The minimum atomic E-state index is -0.798. The quantitative estimate of drug-likeness (QED) is 0.759. The van der Waals surface area contributed by atoms with Crippen LogP contribution >= 0.6 is 11.6 Å². The van der Waals surface area contributed by atoms with Gasteiger partial charge in [0.15, 0.2) is 11.6 Å². The minimum absolute atomic E-state index is 0.251. The van der Waals surface area contributed by atoms with E-state index in [0.29, 0.717) is 18.0 Å². The second-order valence-electron chi connectivity index (χ2n) is 3.83. The molecule has 0 fully saturated rings. The molecule has 1 rings (SSSR count). The van der Waals surface area contributed by atoms with Crippen LogP contribution in [0.15, 0.2) is 18.2 Å². The molecule has 1 unspecified atom stereocenters. The van der Waals surface area contributed by atoms with E-state index < -0.39 is 11.6 Å². The van der Waals surface area contributed by atoms with Crippen molar-refractivity contribution in [3.05, 3.63) is 35.4 Å². The van der Waals surface area contributed by atoms with E-state index in [4.69, 9.17) is 11.6 Å². The maximum atomic E-state index is 13.3. The first kappa shape index (κ1) is 13.4. The Bertz CT molecular complexity index is 331. The Hall–Kier alpha value is -0.670. The first-order chi connectivity index (χ1) is 7.65. The summed E-state index contributed by atoms with van der Waals surface area (Å²) in [5.74, 6) is -0.937. The maximum Gasteiger partial charge on any atom is 0.163 e. The zero-order chi connectivity index (χ0) is 12.0. The normalized spacial score (nSPS) is 12.8. The van der Waals surface area contributed by atoms with Gasteiger partial charge in [-0.25, -0.2) is 8.78 Å². The molecule has 0 amide bonds. The van der Waals surface area contributed by atoms with E-state index in [1.54, 1.807) is 6.07 Å². The van der Waals surface area contributed by atoms with E-state index in [1.165, 1.54) is 6.07 Å². The molecule has 0 aliphatic rings. The zero-order valence-corrected chi connectivity index (χ0v) is 10.0. The van der Waals surface area contributed by atoms with Gasteiger partial charge in [-0.1, -0.05) is 12.1 Å². The summed E-state index contributed by atoms with van der Waals surface area (Å²) in [5, 5.41) is 3.14. The lowest BCUT2D eigenvalue weighted by Crippen LogP contribution is -2.26. The van der Waals surface area contributed by atoms with Crippen LogP contribution in [0.3, 0.4) is 0 Å². The van der Waals surface area contributed by atoms with E-state index in [2.05, 4.69) is 5.32 Å². The molecule has 0 heterocycles. The molecule has 0 aliphatic heterocycles. The van der Waals surface area contributed by atoms with Gasteiger partial charge in [-0.05, 0) is 25.8 Å². The number of nitrogens with one attached hydrogen (secondary N) is 1. The van der Waals surface area contributed by atoms with Crippen LogP contribution < -0.4 is 5.32 Å². The van der Waals surface area contributed by atoms with E-state index in [1.807, 2.05) is 6.92 Å². The molecule has 0 radical (unpaired) electrons. The van der Waals surface area contributed by atoms with E-state index in [9.17, 15) is 8.78 Å². The fourth-order valence-electron chi connectivity index (χ4n) is 1.45. The van der Waals surface area contributed by atoms with E-state index in [0.717, 1.165) is 18.9 Å². The van der Waals surface area contributed by atoms with Crippen molar-refractivity contribution in [3.63, 3.8) is 0 Å². The lowest BCUT2D eigenvalue weighted by molar-refractivity contribution is 0.471. The van der Waals surface area contributed by atoms with Crippen molar-refractivity contribution < 1.29 is 8.78 Å². The van der Waals surface area contributed by atoms with Crippen LogP contribution in [0.2, 0.25) is 0 Å². The van der Waals surface area contributed by atoms with Crippen molar-refractivity contribution >= 4 is 11.6 Å². The number of hydrogen-bond acceptors (Lipinski definition) is 1. The Kier molecular flexibility index (Phi) is 5.71. The summed E-state index contributed by atoms with van der Waals surface area (Å²) in [7, 11) is 0. The second kappa shape index (κ2) is 6.81. The Balaban J connectivity index is 2.45. The molecule has 0 aromatic heterocycles. The standard InChI is InChI=1S/C12H16ClF2N/c1-9(4-3-7-13)16-8-10-5-2-6-11(14)12(10)15/h2,5-6,9,16H,3-4,7-8H2,1H3. The summed E-state index contributed by atoms with van der Waals surface area (Å²) in [4.78, 5) is 0. The Morgan fingerprint density at radius 3 is 2.81 bits per heavy atom. The molecule has 0 saturated heterocycles. The zero-order valence-electron chi connectivity index (χ0n) is 9.27. The van der Waals surface area contributed by atoms with E-state index >= 15 is 0 Å². The average Bonchev–Trinajstić information content (AvgIpc) is 2.28. The van der Waals surface area contributed by atoms with Gasteiger partial charge in [0.05, 0.1) is 0 Å². The topological polar surface area (TPSA) is 12.0 Å². The van der Waals surface area contributed by atoms with E-state index in [-0.39, 0.29) is 6.04 Å². The first-order valence-electron chi connectivity index (χ1n) is 5.37. The molecule has 1 atom stereocenters. The van der Waals surface area contributed by atoms with Gasteiger partial charge in [0.25, 0.3) is 0 Å². The average molecular weight is 248 g/mol. The lowest BCUT2D eigenvalue weighted by Gasteiger charge is -2.13. The molecule has 0 spiro atoms. The van der Waals surface area contributed by atoms with Gasteiger partial charge in [0.1, 0.15) is 0 Å². The van der Waals surface area contributed by atoms with Crippen molar-refractivity contribution in [1.29, 1.82) is 0 Å². The smallest absolute Gasteiger partial charge is 0.163 e. The first-order valence-corrected chi connectivity index (χ1v) is 5.91. The van der Waals surface area contributed by atoms with Crippen molar-refractivity contribution in [2.24, 2.45) is 0 Å². The molecule has 1 aromatic carbocycles. The Morgan fingerprint density at radius 2 is 2.12 bits per heavy atom. The fraction of sp³-hybridized carbons (Fsp3) is 0.500. The van der Waals surface area contributed by atoms with Gasteiger partial charge >= 0.3 is 0 Å². The number of benzene rings is 1. The van der Waals surface area contributed by atoms with Crippen LogP contribution in [0.5, 0.6) is 0 Å². The number of rotatable bonds is 6. The highest BCUT2D eigenvalue weighted by molar-refractivity contribution is 6.17. The largest absolute Gasteiger partial charge is 0.310 e. The van der Waals surface area contributed by atoms with Gasteiger partial charge in [-0.2, -0.15) is 0 Å². The lowest BCUT2D eigenvalue weighted by atomic mass is 10.1. The Morgan fingerprint density at radius 1 is 1.38 bits per heavy atom. The van der Waals surface area contributed by atoms with Crippen molar-refractivity contribution in [2.75, 3.05) is 5.88 Å². The minimum Gasteiger partial charge on any atom is -0.310 e. The molecular formula is C12H16ClF2N. The molecule has 1 aromatic rings. The predicted molar refractivity (Wildman–Crippen MR) is 62.6 cm³/mol. The predicted octanol–water partition coefficient (Wildman–Crippen LogP) is 3.46. The van der Waals surface area contributed by atoms with Gasteiger partial charge in [-0.3, -0.25) is 0 Å². The highest BCUT2D eigenvalue weighted by atomic mass is 35.5. The van der Waals surface area contributed by atoms with Crippen molar-refractivity contribution in [1.82, 2.24) is 5.32 Å². The van der Waals surface area contributed by atoms with Crippen molar-refractivity contribution in [3.8, 4) is 0 Å².